The van der Waals surface area contributed by atoms with Crippen LogP contribution in [0.4, 0.5) is 5.82 Å². The van der Waals surface area contributed by atoms with Crippen molar-refractivity contribution in [3.63, 3.8) is 0 Å². The molecular weight excluding hydrogens is 380 g/mol. The summed E-state index contributed by atoms with van der Waals surface area (Å²) in [6.07, 6.45) is 3.84. The lowest BCUT2D eigenvalue weighted by atomic mass is 9.95. The first-order valence-corrected chi connectivity index (χ1v) is 10.3. The first kappa shape index (κ1) is 20.3. The predicted octanol–water partition coefficient (Wildman–Crippen LogP) is 3.81. The van der Waals surface area contributed by atoms with Gasteiger partial charge in [0.2, 0.25) is 0 Å². The number of piperidine rings is 1. The molecule has 0 atom stereocenters. The molecule has 7 heteroatoms. The van der Waals surface area contributed by atoms with Gasteiger partial charge in [-0.2, -0.15) is 0 Å². The summed E-state index contributed by atoms with van der Waals surface area (Å²) in [5.41, 5.74) is 2.32. The monoisotopic (exact) mass is 408 g/mol. The number of aromatic nitrogens is 3. The first-order chi connectivity index (χ1) is 14.5. The Kier molecular flexibility index (Phi) is 5.72. The van der Waals surface area contributed by atoms with Crippen molar-refractivity contribution in [1.29, 1.82) is 0 Å². The minimum Gasteiger partial charge on any atom is -0.469 e. The second-order valence-electron chi connectivity index (χ2n) is 8.38. The lowest BCUT2D eigenvalue weighted by Gasteiger charge is -2.34. The van der Waals surface area contributed by atoms with Crippen LogP contribution in [0.5, 0.6) is 0 Å². The van der Waals surface area contributed by atoms with E-state index in [0.717, 1.165) is 54.2 Å². The third kappa shape index (κ3) is 4.31. The number of pyridine rings is 1. The molecule has 1 saturated heterocycles. The number of anilines is 1. The number of benzene rings is 1. The van der Waals surface area contributed by atoms with Gasteiger partial charge in [0.05, 0.1) is 36.3 Å². The highest BCUT2D eigenvalue weighted by Gasteiger charge is 2.31. The van der Waals surface area contributed by atoms with Gasteiger partial charge in [0, 0.05) is 24.8 Å². The molecule has 3 heterocycles. The van der Waals surface area contributed by atoms with Crippen LogP contribution in [0.3, 0.4) is 0 Å². The van der Waals surface area contributed by atoms with Crippen LogP contribution >= 0.6 is 0 Å². The molecule has 0 unspecified atom stereocenters. The maximum absolute atomic E-state index is 11.8. The molecule has 1 aliphatic rings. The van der Waals surface area contributed by atoms with Gasteiger partial charge < -0.3 is 19.4 Å². The summed E-state index contributed by atoms with van der Waals surface area (Å²) >= 11 is 0. The molecule has 1 aromatic carbocycles. The number of H-pyrrole nitrogens is 1. The van der Waals surface area contributed by atoms with E-state index in [0.29, 0.717) is 6.61 Å². The number of hydrogen-bond acceptors (Lipinski definition) is 6. The highest BCUT2D eigenvalue weighted by molar-refractivity contribution is 5.79. The maximum Gasteiger partial charge on any atom is 0.313 e. The Morgan fingerprint density at radius 2 is 1.97 bits per heavy atom. The molecule has 0 amide bonds. The van der Waals surface area contributed by atoms with E-state index in [2.05, 4.69) is 25.9 Å². The second-order valence-corrected chi connectivity index (χ2v) is 8.38. The topological polar surface area (TPSA) is 80.3 Å². The van der Waals surface area contributed by atoms with E-state index in [1.54, 1.807) is 0 Å². The molecule has 4 rings (SSSR count). The third-order valence-electron chi connectivity index (χ3n) is 5.59. The summed E-state index contributed by atoms with van der Waals surface area (Å²) in [5.74, 6) is 1.55. The molecule has 0 radical (unpaired) electrons. The Labute approximate surface area is 176 Å². The standard InChI is InChI=1S/C23H28N4O3/c1-23(2,22(28)29-3)15-30-17-10-12-27(13-11-17)20-9-8-16(14-24-20)21-25-18-6-4-5-7-19(18)26-21/h4-9,14,17H,10-13,15H2,1-3H3,(H,25,26). The number of rotatable bonds is 6. The fourth-order valence-corrected chi connectivity index (χ4v) is 3.72. The minimum absolute atomic E-state index is 0.153. The number of methoxy groups -OCH3 is 1. The van der Waals surface area contributed by atoms with Crippen molar-refractivity contribution < 1.29 is 14.3 Å². The van der Waals surface area contributed by atoms with Crippen molar-refractivity contribution in [3.8, 4) is 11.4 Å². The van der Waals surface area contributed by atoms with Crippen LogP contribution in [-0.4, -0.2) is 53.8 Å². The molecule has 7 nitrogen and oxygen atoms in total. The largest absolute Gasteiger partial charge is 0.469 e. The van der Waals surface area contributed by atoms with E-state index in [1.807, 2.05) is 50.4 Å². The molecule has 30 heavy (non-hydrogen) atoms. The van der Waals surface area contributed by atoms with Crippen molar-refractivity contribution in [1.82, 2.24) is 15.0 Å². The van der Waals surface area contributed by atoms with E-state index in [4.69, 9.17) is 9.47 Å². The van der Waals surface area contributed by atoms with Crippen molar-refractivity contribution in [3.05, 3.63) is 42.6 Å². The summed E-state index contributed by atoms with van der Waals surface area (Å²) in [5, 5.41) is 0. The number of nitrogens with zero attached hydrogens (tertiary/aromatic N) is 3. The Morgan fingerprint density at radius 3 is 2.63 bits per heavy atom. The van der Waals surface area contributed by atoms with Gasteiger partial charge in [0.25, 0.3) is 0 Å². The highest BCUT2D eigenvalue weighted by Crippen LogP contribution is 2.25. The predicted molar refractivity (Wildman–Crippen MR) is 116 cm³/mol. The Bertz CT molecular complexity index is 972. The van der Waals surface area contributed by atoms with Crippen LogP contribution in [0.15, 0.2) is 42.6 Å². The van der Waals surface area contributed by atoms with Gasteiger partial charge in [-0.3, -0.25) is 4.79 Å². The SMILES string of the molecule is COC(=O)C(C)(C)COC1CCN(c2ccc(-c3nc4ccccc4[nH]3)cn2)CC1. The average Bonchev–Trinajstić information content (AvgIpc) is 3.22. The Morgan fingerprint density at radius 1 is 1.20 bits per heavy atom. The second kappa shape index (κ2) is 8.44. The molecule has 0 bridgehead atoms. The number of imidazole rings is 1. The van der Waals surface area contributed by atoms with Crippen LogP contribution in [0.1, 0.15) is 26.7 Å². The van der Waals surface area contributed by atoms with Crippen LogP contribution in [0.25, 0.3) is 22.4 Å². The quantitative estimate of drug-likeness (QED) is 0.625. The van der Waals surface area contributed by atoms with Crippen LogP contribution < -0.4 is 4.90 Å². The molecule has 1 aliphatic heterocycles. The van der Waals surface area contributed by atoms with Gasteiger partial charge in [0.15, 0.2) is 0 Å². The summed E-state index contributed by atoms with van der Waals surface area (Å²) in [6, 6.07) is 12.1. The number of hydrogen-bond donors (Lipinski definition) is 1. The van der Waals surface area contributed by atoms with Gasteiger partial charge in [-0.1, -0.05) is 12.1 Å². The normalized spacial score (nSPS) is 15.5. The highest BCUT2D eigenvalue weighted by atomic mass is 16.5. The molecule has 1 fully saturated rings. The van der Waals surface area contributed by atoms with Crippen molar-refractivity contribution >= 4 is 22.8 Å². The molecule has 2 aromatic heterocycles. The smallest absolute Gasteiger partial charge is 0.313 e. The maximum atomic E-state index is 11.8. The van der Waals surface area contributed by atoms with Crippen LogP contribution in [-0.2, 0) is 14.3 Å². The molecule has 0 saturated carbocycles. The third-order valence-corrected chi connectivity index (χ3v) is 5.59. The molecule has 0 spiro atoms. The number of esters is 1. The zero-order valence-electron chi connectivity index (χ0n) is 17.7. The molecule has 1 N–H and O–H groups in total. The van der Waals surface area contributed by atoms with Crippen molar-refractivity contribution in [2.75, 3.05) is 31.7 Å². The summed E-state index contributed by atoms with van der Waals surface area (Å²) in [4.78, 5) is 26.7. The summed E-state index contributed by atoms with van der Waals surface area (Å²) in [6.45, 7) is 5.82. The zero-order valence-corrected chi connectivity index (χ0v) is 17.7. The van der Waals surface area contributed by atoms with Crippen LogP contribution in [0, 0.1) is 5.41 Å². The van der Waals surface area contributed by atoms with E-state index < -0.39 is 5.41 Å². The number of nitrogens with one attached hydrogen (secondary N) is 1. The lowest BCUT2D eigenvalue weighted by Crippen LogP contribution is -2.40. The van der Waals surface area contributed by atoms with Crippen molar-refractivity contribution in [2.45, 2.75) is 32.8 Å². The number of carbonyl (C=O) groups excluding carboxylic acids is 1. The van der Waals surface area contributed by atoms with Crippen LogP contribution in [0.2, 0.25) is 0 Å². The van der Waals surface area contributed by atoms with Gasteiger partial charge in [-0.15, -0.1) is 0 Å². The summed E-state index contributed by atoms with van der Waals surface area (Å²) in [7, 11) is 1.41. The van der Waals surface area contributed by atoms with Gasteiger partial charge >= 0.3 is 5.97 Å². The van der Waals surface area contributed by atoms with Gasteiger partial charge in [0.1, 0.15) is 11.6 Å². The molecule has 3 aromatic rings. The van der Waals surface area contributed by atoms with E-state index >= 15 is 0 Å². The van der Waals surface area contributed by atoms with Gasteiger partial charge in [-0.05, 0) is 51.0 Å². The molecular formula is C23H28N4O3. The van der Waals surface area contributed by atoms with Gasteiger partial charge in [-0.25, -0.2) is 9.97 Å². The average molecular weight is 409 g/mol. The Balaban J connectivity index is 1.33. The number of para-hydroxylation sites is 2. The van der Waals surface area contributed by atoms with E-state index in [-0.39, 0.29) is 12.1 Å². The minimum atomic E-state index is -0.625. The number of carbonyl (C=O) groups is 1. The lowest BCUT2D eigenvalue weighted by molar-refractivity contribution is -0.155. The zero-order chi connectivity index (χ0) is 21.1. The fourth-order valence-electron chi connectivity index (χ4n) is 3.72. The van der Waals surface area contributed by atoms with Crippen molar-refractivity contribution in [2.24, 2.45) is 5.41 Å². The number of aromatic amines is 1. The molecule has 0 aliphatic carbocycles. The summed E-state index contributed by atoms with van der Waals surface area (Å²) < 4.78 is 10.8. The van der Waals surface area contributed by atoms with E-state index in [1.165, 1.54) is 7.11 Å². The van der Waals surface area contributed by atoms with E-state index in [9.17, 15) is 4.79 Å². The number of fused-ring (bicyclic) bond motifs is 1. The number of ether oxygens (including phenoxy) is 2. The molecule has 158 valence electrons. The Hall–Kier alpha value is -2.93. The fraction of sp³-hybridized carbons (Fsp3) is 0.435. The first-order valence-electron chi connectivity index (χ1n) is 10.3.